The molecule has 0 radical (unpaired) electrons. The van der Waals surface area contributed by atoms with Gasteiger partial charge in [-0.15, -0.1) is 0 Å². The zero-order chi connectivity index (χ0) is 73.2. The summed E-state index contributed by atoms with van der Waals surface area (Å²) in [5, 5.41) is 11.2. The normalized spacial score (nSPS) is 23.4. The summed E-state index contributed by atoms with van der Waals surface area (Å²) in [4.78, 5) is 187. The summed E-state index contributed by atoms with van der Waals surface area (Å²) in [7, 11) is 9.62. The molecule has 0 aliphatic carbocycles. The van der Waals surface area contributed by atoms with Gasteiger partial charge in [-0.25, -0.2) is 4.39 Å². The Morgan fingerprint density at radius 2 is 1.17 bits per heavy atom. The summed E-state index contributed by atoms with van der Waals surface area (Å²) in [6.45, 7) is 14.7. The lowest BCUT2D eigenvalue weighted by atomic mass is 9.95. The van der Waals surface area contributed by atoms with Crippen LogP contribution in [0.4, 0.5) is 4.39 Å². The Hall–Kier alpha value is -8.04. The monoisotopic (exact) mass is 1470 g/mol. The van der Waals surface area contributed by atoms with Crippen molar-refractivity contribution in [2.24, 2.45) is 17.8 Å². The second-order valence-corrected chi connectivity index (χ2v) is 29.1. The number of likely N-dealkylation sites (N-methyl/N-ethyl adjacent to an activating group) is 7. The van der Waals surface area contributed by atoms with E-state index in [9.17, 15) is 43.2 Å². The van der Waals surface area contributed by atoms with Crippen LogP contribution < -0.4 is 21.3 Å². The summed E-state index contributed by atoms with van der Waals surface area (Å²) < 4.78 is 16.5. The van der Waals surface area contributed by atoms with Crippen molar-refractivity contribution in [1.82, 2.24) is 60.5 Å². The second kappa shape index (κ2) is 36.7. The molecule has 24 nitrogen and oxygen atoms in total. The summed E-state index contributed by atoms with van der Waals surface area (Å²) in [5.74, 6) is -10.3. The second-order valence-electron chi connectivity index (χ2n) is 27.8. The van der Waals surface area contributed by atoms with Crippen LogP contribution in [0.15, 0.2) is 72.8 Å². The molecule has 0 bridgehead atoms. The predicted molar refractivity (Wildman–Crippen MR) is 378 cm³/mol. The first kappa shape index (κ1) is 80.6. The Balaban J connectivity index is 1.65. The number of hydrogen-bond acceptors (Lipinski definition) is 12. The number of carbonyl (C=O) groups excluding carboxylic acids is 12. The molecule has 0 spiro atoms. The average molecular weight is 1480 g/mol. The third kappa shape index (κ3) is 22.2. The summed E-state index contributed by atoms with van der Waals surface area (Å²) in [6, 6.07) is 10.5. The van der Waals surface area contributed by atoms with Gasteiger partial charge in [0.25, 0.3) is 0 Å². The quantitative estimate of drug-likeness (QED) is 0.174. The van der Waals surface area contributed by atoms with Crippen LogP contribution in [0.5, 0.6) is 0 Å². The number of nitrogens with one attached hydrogen (secondary N) is 4. The van der Waals surface area contributed by atoms with Crippen LogP contribution in [0.2, 0.25) is 0 Å². The molecule has 3 aromatic rings. The van der Waals surface area contributed by atoms with E-state index in [2.05, 4.69) is 43.9 Å². The molecule has 2 aliphatic heterocycles. The fourth-order valence-electron chi connectivity index (χ4n) is 11.9. The smallest absolute Gasteiger partial charge is 0.246 e. The molecule has 2 heterocycles. The van der Waals surface area contributed by atoms with Gasteiger partial charge in [-0.05, 0) is 128 Å². The first-order chi connectivity index (χ1) is 46.0. The number of likely N-dealkylation sites (tertiary alicyclic amines) is 1. The minimum absolute atomic E-state index is 0.0259. The molecule has 2 fully saturated rings. The average Bonchev–Trinajstić information content (AvgIpc) is 0.807. The number of carbonyl (C=O) groups is 12. The van der Waals surface area contributed by atoms with Crippen LogP contribution in [0.25, 0.3) is 0 Å². The number of halogens is 2. The Morgan fingerprint density at radius 3 is 1.78 bits per heavy atom. The molecule has 26 heteroatoms. The van der Waals surface area contributed by atoms with Gasteiger partial charge in [0.1, 0.15) is 53.6 Å². The van der Waals surface area contributed by atoms with Gasteiger partial charge < -0.3 is 60.5 Å². The van der Waals surface area contributed by atoms with Gasteiger partial charge in [-0.1, -0.05) is 108 Å². The summed E-state index contributed by atoms with van der Waals surface area (Å²) in [6.07, 6.45) is 1.56. The Bertz CT molecular complexity index is 3350. The van der Waals surface area contributed by atoms with Crippen molar-refractivity contribution in [3.63, 3.8) is 0 Å². The highest BCUT2D eigenvalue weighted by Gasteiger charge is 2.44. The van der Waals surface area contributed by atoms with E-state index in [0.717, 1.165) is 40.1 Å². The highest BCUT2D eigenvalue weighted by Crippen LogP contribution is 2.24. The summed E-state index contributed by atoms with van der Waals surface area (Å²) >= 11 is 2.10. The van der Waals surface area contributed by atoms with E-state index in [0.29, 0.717) is 43.5 Å². The van der Waals surface area contributed by atoms with Gasteiger partial charge in [0.05, 0.1) is 26.1 Å². The predicted octanol–water partition coefficient (Wildman–Crippen LogP) is 4.35. The molecule has 0 aromatic heterocycles. The van der Waals surface area contributed by atoms with E-state index in [4.69, 9.17) is 0 Å². The molecule has 12 amide bonds. The third-order valence-corrected chi connectivity index (χ3v) is 19.5. The van der Waals surface area contributed by atoms with E-state index >= 15 is 18.8 Å². The molecular formula is C72H104FIN12O12. The molecule has 8 atom stereocenters. The number of aryl methyl sites for hydroxylation is 1. The van der Waals surface area contributed by atoms with Gasteiger partial charge >= 0.3 is 0 Å². The maximum Gasteiger partial charge on any atom is 0.246 e. The van der Waals surface area contributed by atoms with E-state index < -0.39 is 163 Å². The molecule has 4 N–H and O–H groups in total. The molecule has 2 saturated heterocycles. The minimum atomic E-state index is -1.84. The molecule has 0 unspecified atom stereocenters. The van der Waals surface area contributed by atoms with Gasteiger partial charge in [-0.3, -0.25) is 57.5 Å². The van der Waals surface area contributed by atoms with Crippen LogP contribution in [-0.2, 0) is 76.8 Å². The van der Waals surface area contributed by atoms with Crippen molar-refractivity contribution < 1.29 is 61.9 Å². The van der Waals surface area contributed by atoms with Gasteiger partial charge in [0, 0.05) is 85.3 Å². The molecule has 3 aromatic carbocycles. The number of piperidine rings is 1. The SMILES string of the molecule is CC[C@H](C)[C@@H]1NC(=O)[C@H](CC(C)C)N(C)C(=O)C[C@@H](C(=O)N2CCCCC2)N(C)C(=O)[C@H](CC(C)C)NC(=O)C(C)(C)N(C)C(=O)[C@H](Cc2ccccc2F)NC(=O)[C@H](Cc2cccc(I)c2)NC(=O)CN(C)C(=O)[C@H](Cc2ccc(C)cc2)N(C)C(=O)CN(C)C(=O)CN(C)C1=O. The highest BCUT2D eigenvalue weighted by molar-refractivity contribution is 14.1. The summed E-state index contributed by atoms with van der Waals surface area (Å²) in [5.41, 5.74) is 0.381. The van der Waals surface area contributed by atoms with E-state index in [-0.39, 0.29) is 43.1 Å². The maximum atomic E-state index is 15.7. The Morgan fingerprint density at radius 1 is 0.571 bits per heavy atom. The van der Waals surface area contributed by atoms with Crippen molar-refractivity contribution in [1.29, 1.82) is 0 Å². The lowest BCUT2D eigenvalue weighted by molar-refractivity contribution is -0.152. The van der Waals surface area contributed by atoms with Gasteiger partial charge in [-0.2, -0.15) is 0 Å². The Labute approximate surface area is 591 Å². The van der Waals surface area contributed by atoms with Crippen LogP contribution in [0.1, 0.15) is 123 Å². The number of rotatable bonds is 13. The fourth-order valence-corrected chi connectivity index (χ4v) is 12.5. The van der Waals surface area contributed by atoms with Crippen molar-refractivity contribution in [2.75, 3.05) is 82.1 Å². The lowest BCUT2D eigenvalue weighted by Gasteiger charge is -2.39. The number of hydrogen-bond donors (Lipinski definition) is 4. The van der Waals surface area contributed by atoms with Crippen LogP contribution in [-0.4, -0.2) is 240 Å². The molecular weight excluding hydrogens is 1370 g/mol. The molecule has 0 saturated carbocycles. The minimum Gasteiger partial charge on any atom is -0.342 e. The molecule has 98 heavy (non-hydrogen) atoms. The Kier molecular flexibility index (Phi) is 30.2. The number of benzene rings is 3. The zero-order valence-corrected chi connectivity index (χ0v) is 62.2. The highest BCUT2D eigenvalue weighted by atomic mass is 127. The first-order valence-electron chi connectivity index (χ1n) is 33.8. The maximum absolute atomic E-state index is 15.7. The standard InChI is InChI=1S/C72H104FIN12O12/c1-17-47(7)63-70(97)81(12)42-61(89)79(10)43-62(90)83(14)57(38-48-30-28-46(6)29-31-48)68(95)80(11)41-59(87)75-53(37-49-24-23-26-51(74)36-49)64(91)76-55(39-50-25-19-20-27-52(50)73)67(94)85(16)72(8,9)71(98)77-54(34-44(2)3)66(93)84(15)58(69(96)86-32-21-18-22-33-86)40-60(88)82(13)56(35-45(4)5)65(92)78-63/h19-20,23-31,36,44-45,47,53-58,63H,17-18,21-22,32-35,37-43H2,1-16H3,(H,75,87)(H,76,91)(H,77,98)(H,78,92)/t47-,53-,54-,55-,56-,57-,58-,63-/m0/s1. The topological polar surface area (TPSA) is 279 Å². The van der Waals surface area contributed by atoms with E-state index in [1.807, 2.05) is 59.7 Å². The molecule has 538 valence electrons. The van der Waals surface area contributed by atoms with Crippen molar-refractivity contribution in [3.05, 3.63) is 104 Å². The van der Waals surface area contributed by atoms with E-state index in [1.54, 1.807) is 48.2 Å². The van der Waals surface area contributed by atoms with Gasteiger partial charge in [0.2, 0.25) is 70.9 Å². The fraction of sp³-hybridized carbons (Fsp3) is 0.583. The van der Waals surface area contributed by atoms with Crippen molar-refractivity contribution in [2.45, 2.75) is 174 Å². The third-order valence-electron chi connectivity index (χ3n) is 18.8. The molecule has 5 rings (SSSR count). The number of amides is 12. The van der Waals surface area contributed by atoms with Crippen LogP contribution in [0, 0.1) is 34.1 Å². The van der Waals surface area contributed by atoms with Crippen molar-refractivity contribution in [3.8, 4) is 0 Å². The van der Waals surface area contributed by atoms with Crippen LogP contribution >= 0.6 is 22.6 Å². The zero-order valence-electron chi connectivity index (χ0n) is 60.0. The first-order valence-corrected chi connectivity index (χ1v) is 34.9. The molecule has 2 aliphatic rings. The van der Waals surface area contributed by atoms with Crippen LogP contribution in [0.3, 0.4) is 0 Å². The number of nitrogens with zero attached hydrogens (tertiary/aromatic N) is 8. The lowest BCUT2D eigenvalue weighted by Crippen LogP contribution is -2.64. The van der Waals surface area contributed by atoms with Crippen molar-refractivity contribution >= 4 is 93.5 Å². The van der Waals surface area contributed by atoms with E-state index in [1.165, 1.54) is 91.2 Å². The van der Waals surface area contributed by atoms with Gasteiger partial charge in [0.15, 0.2) is 0 Å². The largest absolute Gasteiger partial charge is 0.342 e.